The minimum Gasteiger partial charge on any atom is -0.355 e. The number of carbonyl (C=O) groups is 2. The maximum Gasteiger partial charge on any atom is 0.253 e. The molecule has 0 aliphatic rings. The molecule has 0 bridgehead atoms. The number of anilines is 1. The van der Waals surface area contributed by atoms with Crippen molar-refractivity contribution in [3.63, 3.8) is 0 Å². The van der Waals surface area contributed by atoms with E-state index in [4.69, 9.17) is 0 Å². The molecule has 1 rings (SSSR count). The first-order valence-electron chi connectivity index (χ1n) is 6.42. The molecule has 19 heavy (non-hydrogen) atoms. The van der Waals surface area contributed by atoms with Gasteiger partial charge in [0.15, 0.2) is 0 Å². The van der Waals surface area contributed by atoms with Gasteiger partial charge in [0.25, 0.3) is 5.91 Å². The Morgan fingerprint density at radius 1 is 1.26 bits per heavy atom. The lowest BCUT2D eigenvalue weighted by molar-refractivity contribution is -0.115. The van der Waals surface area contributed by atoms with Crippen molar-refractivity contribution in [3.05, 3.63) is 29.8 Å². The molecular formula is C14H21N3O2. The van der Waals surface area contributed by atoms with Crippen LogP contribution in [-0.2, 0) is 4.79 Å². The van der Waals surface area contributed by atoms with E-state index in [2.05, 4.69) is 22.9 Å². The number of carbonyl (C=O) groups excluding carboxylic acids is 2. The summed E-state index contributed by atoms with van der Waals surface area (Å²) in [6, 6.07) is 7.23. The topological polar surface area (TPSA) is 70.2 Å². The number of hydrogen-bond acceptors (Lipinski definition) is 3. The van der Waals surface area contributed by atoms with Crippen molar-refractivity contribution in [2.45, 2.75) is 26.3 Å². The van der Waals surface area contributed by atoms with E-state index in [-0.39, 0.29) is 18.4 Å². The fourth-order valence-corrected chi connectivity index (χ4v) is 1.53. The van der Waals surface area contributed by atoms with Crippen LogP contribution in [0.1, 0.15) is 30.6 Å². The van der Waals surface area contributed by atoms with Crippen LogP contribution < -0.4 is 16.0 Å². The van der Waals surface area contributed by atoms with Gasteiger partial charge in [-0.3, -0.25) is 9.59 Å². The predicted molar refractivity (Wildman–Crippen MR) is 76.2 cm³/mol. The molecule has 5 nitrogen and oxygen atoms in total. The standard InChI is InChI=1S/C14H21N3O2/c1-4-10(2)16-9-13(18)17-12-8-6-5-7-11(12)14(19)15-3/h5-8,10,16H,4,9H2,1-3H3,(H,15,19)(H,17,18). The summed E-state index contributed by atoms with van der Waals surface area (Å²) in [7, 11) is 1.56. The highest BCUT2D eigenvalue weighted by molar-refractivity contribution is 6.03. The zero-order chi connectivity index (χ0) is 14.3. The quantitative estimate of drug-likeness (QED) is 0.726. The van der Waals surface area contributed by atoms with Gasteiger partial charge in [0.05, 0.1) is 17.8 Å². The Hall–Kier alpha value is -1.88. The third-order valence-electron chi connectivity index (χ3n) is 2.90. The molecule has 1 atom stereocenters. The molecule has 0 heterocycles. The molecule has 0 aliphatic carbocycles. The minimum absolute atomic E-state index is 0.156. The Kier molecular flexibility index (Phi) is 6.02. The van der Waals surface area contributed by atoms with Crippen LogP contribution in [0.2, 0.25) is 0 Å². The van der Waals surface area contributed by atoms with Gasteiger partial charge in [0.1, 0.15) is 0 Å². The summed E-state index contributed by atoms with van der Waals surface area (Å²) in [6.07, 6.45) is 0.960. The average Bonchev–Trinajstić information content (AvgIpc) is 2.44. The molecule has 5 heteroatoms. The van der Waals surface area contributed by atoms with Crippen LogP contribution >= 0.6 is 0 Å². The summed E-state index contributed by atoms with van der Waals surface area (Å²) in [4.78, 5) is 23.4. The Bertz CT molecular complexity index is 446. The van der Waals surface area contributed by atoms with E-state index in [1.165, 1.54) is 0 Å². The van der Waals surface area contributed by atoms with Crippen molar-refractivity contribution >= 4 is 17.5 Å². The first-order chi connectivity index (χ1) is 9.08. The van der Waals surface area contributed by atoms with E-state index < -0.39 is 0 Å². The van der Waals surface area contributed by atoms with E-state index in [0.29, 0.717) is 17.3 Å². The number of nitrogens with one attached hydrogen (secondary N) is 3. The van der Waals surface area contributed by atoms with Gasteiger partial charge in [-0.2, -0.15) is 0 Å². The first-order valence-corrected chi connectivity index (χ1v) is 6.42. The molecular weight excluding hydrogens is 242 g/mol. The van der Waals surface area contributed by atoms with Crippen molar-refractivity contribution < 1.29 is 9.59 Å². The van der Waals surface area contributed by atoms with E-state index in [9.17, 15) is 9.59 Å². The number of benzene rings is 1. The normalized spacial score (nSPS) is 11.7. The van der Waals surface area contributed by atoms with Crippen LogP contribution in [-0.4, -0.2) is 31.4 Å². The van der Waals surface area contributed by atoms with Gasteiger partial charge >= 0.3 is 0 Å². The highest BCUT2D eigenvalue weighted by Gasteiger charge is 2.11. The number of amides is 2. The molecule has 0 saturated heterocycles. The molecule has 1 unspecified atom stereocenters. The van der Waals surface area contributed by atoms with Crippen LogP contribution in [0.4, 0.5) is 5.69 Å². The summed E-state index contributed by atoms with van der Waals surface area (Å²) >= 11 is 0. The number of hydrogen-bond donors (Lipinski definition) is 3. The van der Waals surface area contributed by atoms with E-state index in [1.807, 2.05) is 6.92 Å². The summed E-state index contributed by atoms with van der Waals surface area (Å²) in [5, 5.41) is 8.39. The van der Waals surface area contributed by atoms with Gasteiger partial charge in [-0.15, -0.1) is 0 Å². The Labute approximate surface area is 113 Å². The number of para-hydroxylation sites is 1. The molecule has 0 spiro atoms. The third-order valence-corrected chi connectivity index (χ3v) is 2.90. The second kappa shape index (κ2) is 7.53. The Balaban J connectivity index is 2.66. The van der Waals surface area contributed by atoms with E-state index in [0.717, 1.165) is 6.42 Å². The highest BCUT2D eigenvalue weighted by atomic mass is 16.2. The fraction of sp³-hybridized carbons (Fsp3) is 0.429. The molecule has 1 aromatic rings. The monoisotopic (exact) mass is 263 g/mol. The molecule has 0 fully saturated rings. The lowest BCUT2D eigenvalue weighted by Gasteiger charge is -2.13. The van der Waals surface area contributed by atoms with E-state index in [1.54, 1.807) is 31.3 Å². The second-order valence-electron chi connectivity index (χ2n) is 4.36. The van der Waals surface area contributed by atoms with Crippen molar-refractivity contribution in [3.8, 4) is 0 Å². The molecule has 2 amide bonds. The van der Waals surface area contributed by atoms with Crippen LogP contribution in [0.3, 0.4) is 0 Å². The summed E-state index contributed by atoms with van der Waals surface area (Å²) in [5.74, 6) is -0.373. The van der Waals surface area contributed by atoms with Crippen LogP contribution in [0.25, 0.3) is 0 Å². The molecule has 0 aliphatic heterocycles. The van der Waals surface area contributed by atoms with Gasteiger partial charge in [-0.1, -0.05) is 19.1 Å². The van der Waals surface area contributed by atoms with Crippen LogP contribution in [0, 0.1) is 0 Å². The van der Waals surface area contributed by atoms with Gasteiger partial charge in [-0.05, 0) is 25.5 Å². The zero-order valence-electron chi connectivity index (χ0n) is 11.6. The van der Waals surface area contributed by atoms with Crippen molar-refractivity contribution in [2.75, 3.05) is 18.9 Å². The second-order valence-corrected chi connectivity index (χ2v) is 4.36. The predicted octanol–water partition coefficient (Wildman–Crippen LogP) is 1.37. The summed E-state index contributed by atoms with van der Waals surface area (Å²) in [6.45, 7) is 4.30. The van der Waals surface area contributed by atoms with Gasteiger partial charge in [0.2, 0.25) is 5.91 Å². The zero-order valence-corrected chi connectivity index (χ0v) is 11.6. The fourth-order valence-electron chi connectivity index (χ4n) is 1.53. The smallest absolute Gasteiger partial charge is 0.253 e. The average molecular weight is 263 g/mol. The van der Waals surface area contributed by atoms with Gasteiger partial charge < -0.3 is 16.0 Å². The van der Waals surface area contributed by atoms with E-state index >= 15 is 0 Å². The van der Waals surface area contributed by atoms with Crippen molar-refractivity contribution in [1.82, 2.24) is 10.6 Å². The molecule has 0 aromatic heterocycles. The Morgan fingerprint density at radius 2 is 1.95 bits per heavy atom. The maximum absolute atomic E-state index is 11.8. The van der Waals surface area contributed by atoms with Crippen molar-refractivity contribution in [1.29, 1.82) is 0 Å². The van der Waals surface area contributed by atoms with Crippen LogP contribution in [0.5, 0.6) is 0 Å². The SMILES string of the molecule is CCC(C)NCC(=O)Nc1ccccc1C(=O)NC. The lowest BCUT2D eigenvalue weighted by Crippen LogP contribution is -2.34. The molecule has 0 saturated carbocycles. The van der Waals surface area contributed by atoms with Gasteiger partial charge in [0, 0.05) is 13.1 Å². The third kappa shape index (κ3) is 4.71. The summed E-state index contributed by atoms with van der Waals surface area (Å²) < 4.78 is 0. The summed E-state index contributed by atoms with van der Waals surface area (Å²) in [5.41, 5.74) is 0.986. The minimum atomic E-state index is -0.217. The molecule has 3 N–H and O–H groups in total. The largest absolute Gasteiger partial charge is 0.355 e. The Morgan fingerprint density at radius 3 is 2.58 bits per heavy atom. The highest BCUT2D eigenvalue weighted by Crippen LogP contribution is 2.14. The van der Waals surface area contributed by atoms with Gasteiger partial charge in [-0.25, -0.2) is 0 Å². The first kappa shape index (κ1) is 15.2. The molecule has 1 aromatic carbocycles. The van der Waals surface area contributed by atoms with Crippen molar-refractivity contribution in [2.24, 2.45) is 0 Å². The molecule has 104 valence electrons. The maximum atomic E-state index is 11.8. The molecule has 0 radical (unpaired) electrons. The lowest BCUT2D eigenvalue weighted by atomic mass is 10.1. The van der Waals surface area contributed by atoms with Crippen LogP contribution in [0.15, 0.2) is 24.3 Å². The number of rotatable bonds is 6.